The molecule has 0 N–H and O–H groups in total. The Labute approximate surface area is 154 Å². The van der Waals surface area contributed by atoms with Gasteiger partial charge in [-0.05, 0) is 0 Å². The van der Waals surface area contributed by atoms with Gasteiger partial charge >= 0.3 is 154 Å². The van der Waals surface area contributed by atoms with Gasteiger partial charge in [-0.2, -0.15) is 0 Å². The fraction of sp³-hybridized carbons (Fsp3) is 0.435. The maximum absolute atomic E-state index is 4.78. The molecule has 0 fully saturated rings. The Morgan fingerprint density at radius 1 is 0.840 bits per heavy atom. The fourth-order valence-electron chi connectivity index (χ4n) is 3.27. The van der Waals surface area contributed by atoms with E-state index >= 15 is 0 Å². The van der Waals surface area contributed by atoms with E-state index in [-0.39, 0.29) is 0 Å². The average molecular weight is 331 g/mol. The molecule has 0 bridgehead atoms. The molecule has 0 unspecified atom stereocenters. The van der Waals surface area contributed by atoms with Crippen molar-refractivity contribution in [2.75, 3.05) is 0 Å². The number of benzene rings is 2. The molecule has 0 aliphatic carbocycles. The van der Waals surface area contributed by atoms with Crippen molar-refractivity contribution in [1.29, 1.82) is 0 Å². The predicted octanol–water partition coefficient (Wildman–Crippen LogP) is 5.73. The van der Waals surface area contributed by atoms with Crippen LogP contribution >= 0.6 is 0 Å². The van der Waals surface area contributed by atoms with E-state index in [1.807, 2.05) is 6.92 Å². The molecule has 0 heterocycles. The topological polar surface area (TPSA) is 12.4 Å². The van der Waals surface area contributed by atoms with Gasteiger partial charge in [0, 0.05) is 0 Å². The molecule has 0 spiro atoms. The molecule has 0 aliphatic rings. The first-order valence-corrected chi connectivity index (χ1v) is 9.23. The van der Waals surface area contributed by atoms with Gasteiger partial charge in [-0.1, -0.05) is 0 Å². The van der Waals surface area contributed by atoms with Gasteiger partial charge in [-0.25, -0.2) is 0 Å². The van der Waals surface area contributed by atoms with Crippen molar-refractivity contribution in [3.8, 4) is 0 Å². The van der Waals surface area contributed by atoms with E-state index in [0.29, 0.717) is 11.8 Å². The van der Waals surface area contributed by atoms with Gasteiger partial charge in [0.1, 0.15) is 0 Å². The Kier molecular flexibility index (Phi) is 6.19. The first kappa shape index (κ1) is 19.4. The van der Waals surface area contributed by atoms with Crippen molar-refractivity contribution in [3.63, 3.8) is 0 Å². The summed E-state index contributed by atoms with van der Waals surface area (Å²) in [4.78, 5) is 4.78. The number of aryl methyl sites for hydroxylation is 2. The summed E-state index contributed by atoms with van der Waals surface area (Å²) >= 11 is 0. The molecule has 0 aromatic heterocycles. The third kappa shape index (κ3) is 4.19. The first-order chi connectivity index (χ1) is 11.7. The summed E-state index contributed by atoms with van der Waals surface area (Å²) in [6, 6.07) is 8.77. The van der Waals surface area contributed by atoms with Gasteiger partial charge in [-0.15, -0.1) is 0 Å². The van der Waals surface area contributed by atoms with E-state index in [2.05, 4.69) is 85.4 Å². The number of rotatable bonds is 4. The van der Waals surface area contributed by atoms with Crippen molar-refractivity contribution in [1.82, 2.24) is 0 Å². The van der Waals surface area contributed by atoms with Gasteiger partial charge < -0.3 is 0 Å². The molecule has 130 valence electrons. The Balaban J connectivity index is 2.59. The van der Waals surface area contributed by atoms with E-state index in [1.54, 1.807) is 0 Å². The summed E-state index contributed by atoms with van der Waals surface area (Å²) in [5.41, 5.74) is 10.2. The van der Waals surface area contributed by atoms with Crippen LogP contribution in [-0.2, 0) is 0 Å². The van der Waals surface area contributed by atoms with Crippen LogP contribution in [0.15, 0.2) is 29.3 Å². The van der Waals surface area contributed by atoms with Crippen molar-refractivity contribution >= 4 is 23.8 Å². The van der Waals surface area contributed by atoms with Crippen LogP contribution in [0.3, 0.4) is 0 Å². The summed E-state index contributed by atoms with van der Waals surface area (Å²) in [5, 5.41) is 0. The SMILES string of the molecule is Cc1cc(C)c(C)c(B=C=Nc2c(C(C)C)cccc2C(C)C)c1C. The van der Waals surface area contributed by atoms with Gasteiger partial charge in [-0.3, -0.25) is 0 Å². The van der Waals surface area contributed by atoms with Gasteiger partial charge in [0.25, 0.3) is 0 Å². The normalized spacial score (nSPS) is 10.8. The standard InChI is InChI=1S/C23H30BN/c1-14(2)20-10-9-11-21(15(3)4)23(20)25-13-24-22-18(7)16(5)12-17(6)19(22)8/h9-12,14-15H,1-8H3. The molecule has 0 aliphatic heterocycles. The average Bonchev–Trinajstić information content (AvgIpc) is 2.55. The molecule has 2 aromatic rings. The van der Waals surface area contributed by atoms with Gasteiger partial charge in [0.15, 0.2) is 0 Å². The van der Waals surface area contributed by atoms with Crippen LogP contribution in [0, 0.1) is 27.7 Å². The van der Waals surface area contributed by atoms with Crippen LogP contribution in [0.5, 0.6) is 0 Å². The Bertz CT molecular complexity index is 785. The fourth-order valence-corrected chi connectivity index (χ4v) is 3.27. The second-order valence-electron chi connectivity index (χ2n) is 7.65. The summed E-state index contributed by atoms with van der Waals surface area (Å²) in [7, 11) is 0. The van der Waals surface area contributed by atoms with E-state index in [9.17, 15) is 0 Å². The van der Waals surface area contributed by atoms with Crippen molar-refractivity contribution < 1.29 is 0 Å². The first-order valence-electron chi connectivity index (χ1n) is 9.23. The van der Waals surface area contributed by atoms with Gasteiger partial charge in [0.2, 0.25) is 0 Å². The van der Waals surface area contributed by atoms with Crippen LogP contribution < -0.4 is 5.46 Å². The predicted molar refractivity (Wildman–Crippen MR) is 112 cm³/mol. The summed E-state index contributed by atoms with van der Waals surface area (Å²) in [6.07, 6.45) is 0. The Hall–Kier alpha value is -1.92. The minimum atomic E-state index is 0.448. The van der Waals surface area contributed by atoms with Crippen LogP contribution in [0.2, 0.25) is 0 Å². The zero-order valence-corrected chi connectivity index (χ0v) is 17.0. The quantitative estimate of drug-likeness (QED) is 0.501. The van der Waals surface area contributed by atoms with Crippen LogP contribution in [-0.4, -0.2) is 12.7 Å². The summed E-state index contributed by atoms with van der Waals surface area (Å²) in [5.74, 6) is 4.14. The van der Waals surface area contributed by atoms with E-state index in [1.165, 1.54) is 38.8 Å². The van der Waals surface area contributed by atoms with E-state index in [4.69, 9.17) is 4.99 Å². The Morgan fingerprint density at radius 3 is 1.76 bits per heavy atom. The molecule has 0 saturated heterocycles. The molecule has 25 heavy (non-hydrogen) atoms. The monoisotopic (exact) mass is 331 g/mol. The van der Waals surface area contributed by atoms with Crippen LogP contribution in [0.1, 0.15) is 72.9 Å². The number of hydrogen-bond acceptors (Lipinski definition) is 1. The molecule has 0 amide bonds. The third-order valence-corrected chi connectivity index (χ3v) is 5.15. The molecular weight excluding hydrogens is 301 g/mol. The molecule has 0 radical (unpaired) electrons. The summed E-state index contributed by atoms with van der Waals surface area (Å²) in [6.45, 7) is 19.6. The number of aliphatic imine (C=N–C) groups is 1. The molecular formula is C23H30BN. The molecule has 0 atom stereocenters. The molecule has 2 aromatic carbocycles. The number of para-hydroxylation sites is 1. The third-order valence-electron chi connectivity index (χ3n) is 5.15. The zero-order valence-electron chi connectivity index (χ0n) is 17.0. The van der Waals surface area contributed by atoms with Crippen LogP contribution in [0.25, 0.3) is 0 Å². The minimum absolute atomic E-state index is 0.448. The number of nitrogens with zero attached hydrogens (tertiary/aromatic N) is 1. The summed E-state index contributed by atoms with van der Waals surface area (Å²) < 4.78 is 0. The zero-order chi connectivity index (χ0) is 18.7. The number of hydrogen-bond donors (Lipinski definition) is 0. The second-order valence-corrected chi connectivity index (χ2v) is 7.65. The molecule has 0 saturated carbocycles. The maximum atomic E-state index is 4.78. The van der Waals surface area contributed by atoms with Crippen molar-refractivity contribution in [2.24, 2.45) is 4.99 Å². The van der Waals surface area contributed by atoms with Crippen molar-refractivity contribution in [3.05, 3.63) is 57.6 Å². The molecule has 2 heteroatoms. The molecule has 2 rings (SSSR count). The van der Waals surface area contributed by atoms with Crippen LogP contribution in [0.4, 0.5) is 5.69 Å². The second kappa shape index (κ2) is 7.98. The van der Waals surface area contributed by atoms with Crippen molar-refractivity contribution in [2.45, 2.75) is 67.2 Å². The van der Waals surface area contributed by atoms with Gasteiger partial charge in [0.05, 0.1) is 0 Å². The molecule has 1 nitrogen and oxygen atoms in total. The Morgan fingerprint density at radius 2 is 1.32 bits per heavy atom. The van der Waals surface area contributed by atoms with E-state index < -0.39 is 0 Å². The van der Waals surface area contributed by atoms with E-state index in [0.717, 1.165) is 5.69 Å².